The van der Waals surface area contributed by atoms with Crippen molar-refractivity contribution in [2.75, 3.05) is 37.0 Å². The molecule has 3 atom stereocenters. The number of aliphatic hydroxyl groups is 2. The van der Waals surface area contributed by atoms with Gasteiger partial charge in [0.2, 0.25) is 5.91 Å². The standard InChI is InChI=1S/C37H47N3O6/c1-25(2)9-6-10-26(3)20-22-40-33-19-16-29(38-35(43)28-14-17-31(46-5)18-15-28)23-32(33)37(45,36(40)44)27(4)11-7-13-34(42)39-21-8-12-30(39)24-41/h7,9,11,14-20,23,27,30,41,45H,6,8,10,12-13,21-22,24H2,1-5H3,(H,38,43)/b11-7+,26-20+/t27-,30-,37+/m0/s1. The summed E-state index contributed by atoms with van der Waals surface area (Å²) in [6, 6.07) is 11.7. The van der Waals surface area contributed by atoms with Crippen LogP contribution in [0.25, 0.3) is 0 Å². The second-order valence-corrected chi connectivity index (χ2v) is 12.5. The van der Waals surface area contributed by atoms with E-state index in [1.807, 2.05) is 13.0 Å². The van der Waals surface area contributed by atoms with Crippen LogP contribution >= 0.6 is 0 Å². The summed E-state index contributed by atoms with van der Waals surface area (Å²) in [6.45, 7) is 8.76. The Balaban J connectivity index is 1.59. The third-order valence-electron chi connectivity index (χ3n) is 8.88. The number of allylic oxidation sites excluding steroid dienone is 3. The number of hydrogen-bond acceptors (Lipinski definition) is 6. The molecule has 0 bridgehead atoms. The van der Waals surface area contributed by atoms with E-state index in [2.05, 4.69) is 25.2 Å². The number of methoxy groups -OCH3 is 1. The number of carbonyl (C=O) groups excluding carboxylic acids is 3. The summed E-state index contributed by atoms with van der Waals surface area (Å²) in [6.07, 6.45) is 11.1. The van der Waals surface area contributed by atoms with Gasteiger partial charge in [-0.05, 0) is 88.9 Å². The van der Waals surface area contributed by atoms with Gasteiger partial charge < -0.3 is 30.1 Å². The van der Waals surface area contributed by atoms with Crippen molar-refractivity contribution < 1.29 is 29.3 Å². The molecule has 0 aromatic heterocycles. The molecule has 9 heteroatoms. The SMILES string of the molecule is COc1ccc(C(=O)Nc2ccc3c(c2)[C@](O)([C@@H](C)/C=C/CC(=O)N2CCC[C@H]2CO)C(=O)N3C/C=C(\C)CCC=C(C)C)cc1. The molecule has 0 aliphatic carbocycles. The Hall–Kier alpha value is -4.21. The van der Waals surface area contributed by atoms with Crippen molar-refractivity contribution in [1.82, 2.24) is 4.90 Å². The van der Waals surface area contributed by atoms with Gasteiger partial charge in [0.05, 0.1) is 25.4 Å². The third kappa shape index (κ3) is 7.77. The number of amides is 3. The van der Waals surface area contributed by atoms with Gasteiger partial charge in [-0.1, -0.05) is 42.4 Å². The summed E-state index contributed by atoms with van der Waals surface area (Å²) in [7, 11) is 1.56. The first-order chi connectivity index (χ1) is 22.0. The first-order valence-corrected chi connectivity index (χ1v) is 16.0. The molecule has 246 valence electrons. The lowest BCUT2D eigenvalue weighted by atomic mass is 9.82. The van der Waals surface area contributed by atoms with Crippen LogP contribution in [0.1, 0.15) is 75.7 Å². The molecule has 2 aromatic carbocycles. The molecule has 2 aliphatic heterocycles. The van der Waals surface area contributed by atoms with E-state index in [-0.39, 0.29) is 30.9 Å². The predicted octanol–water partition coefficient (Wildman–Crippen LogP) is 5.74. The molecule has 46 heavy (non-hydrogen) atoms. The summed E-state index contributed by atoms with van der Waals surface area (Å²) in [5.41, 5.74) is 2.32. The summed E-state index contributed by atoms with van der Waals surface area (Å²) >= 11 is 0. The third-order valence-corrected chi connectivity index (χ3v) is 8.88. The molecule has 0 saturated carbocycles. The number of benzene rings is 2. The smallest absolute Gasteiger partial charge is 0.264 e. The Kier molecular flexibility index (Phi) is 11.6. The zero-order chi connectivity index (χ0) is 33.4. The maximum atomic E-state index is 14.0. The van der Waals surface area contributed by atoms with E-state index in [0.29, 0.717) is 41.3 Å². The maximum Gasteiger partial charge on any atom is 0.264 e. The lowest BCUT2D eigenvalue weighted by Gasteiger charge is -2.28. The van der Waals surface area contributed by atoms with Gasteiger partial charge in [0.25, 0.3) is 11.8 Å². The van der Waals surface area contributed by atoms with Gasteiger partial charge >= 0.3 is 0 Å². The molecular formula is C37H47N3O6. The van der Waals surface area contributed by atoms with Gasteiger partial charge in [-0.25, -0.2) is 0 Å². The summed E-state index contributed by atoms with van der Waals surface area (Å²) in [5.74, 6) is -0.936. The van der Waals surface area contributed by atoms with Crippen molar-refractivity contribution in [3.63, 3.8) is 0 Å². The molecule has 1 saturated heterocycles. The zero-order valence-corrected chi connectivity index (χ0v) is 27.6. The van der Waals surface area contributed by atoms with Crippen LogP contribution in [0.2, 0.25) is 0 Å². The Morgan fingerprint density at radius 3 is 2.54 bits per heavy atom. The second-order valence-electron chi connectivity index (χ2n) is 12.5. The van der Waals surface area contributed by atoms with Crippen molar-refractivity contribution in [3.8, 4) is 5.75 Å². The average Bonchev–Trinajstić information content (AvgIpc) is 3.61. The van der Waals surface area contributed by atoms with Gasteiger partial charge in [0.15, 0.2) is 5.60 Å². The number of likely N-dealkylation sites (tertiary alicyclic amines) is 1. The van der Waals surface area contributed by atoms with E-state index in [1.165, 1.54) is 5.57 Å². The Morgan fingerprint density at radius 1 is 1.13 bits per heavy atom. The van der Waals surface area contributed by atoms with Crippen LogP contribution in [-0.2, 0) is 15.2 Å². The van der Waals surface area contributed by atoms with Gasteiger partial charge in [-0.3, -0.25) is 14.4 Å². The quantitative estimate of drug-likeness (QED) is 0.243. The first-order valence-electron chi connectivity index (χ1n) is 16.0. The minimum absolute atomic E-state index is 0.0626. The minimum Gasteiger partial charge on any atom is -0.497 e. The van der Waals surface area contributed by atoms with Crippen LogP contribution in [0.3, 0.4) is 0 Å². The van der Waals surface area contributed by atoms with Crippen LogP contribution in [0.5, 0.6) is 5.75 Å². The lowest BCUT2D eigenvalue weighted by Crippen LogP contribution is -2.44. The average molecular weight is 630 g/mol. The second kappa shape index (κ2) is 15.4. The minimum atomic E-state index is -1.92. The Morgan fingerprint density at radius 2 is 1.87 bits per heavy atom. The number of rotatable bonds is 13. The summed E-state index contributed by atoms with van der Waals surface area (Å²) < 4.78 is 5.18. The molecule has 2 heterocycles. The van der Waals surface area contributed by atoms with E-state index in [0.717, 1.165) is 31.3 Å². The van der Waals surface area contributed by atoms with Crippen LogP contribution < -0.4 is 15.0 Å². The van der Waals surface area contributed by atoms with Crippen molar-refractivity contribution >= 4 is 29.1 Å². The van der Waals surface area contributed by atoms with E-state index in [4.69, 9.17) is 4.74 Å². The van der Waals surface area contributed by atoms with E-state index in [9.17, 15) is 24.6 Å². The largest absolute Gasteiger partial charge is 0.497 e. The molecule has 4 rings (SSSR count). The molecule has 1 fully saturated rings. The van der Waals surface area contributed by atoms with Crippen molar-refractivity contribution in [2.24, 2.45) is 5.92 Å². The van der Waals surface area contributed by atoms with Gasteiger partial charge in [0.1, 0.15) is 5.75 Å². The molecule has 0 radical (unpaired) electrons. The van der Waals surface area contributed by atoms with Crippen LogP contribution in [0.4, 0.5) is 11.4 Å². The highest BCUT2D eigenvalue weighted by molar-refractivity contribution is 6.09. The fourth-order valence-corrected chi connectivity index (χ4v) is 6.07. The van der Waals surface area contributed by atoms with Crippen molar-refractivity contribution in [3.05, 3.63) is 89.0 Å². The fourth-order valence-electron chi connectivity index (χ4n) is 6.07. The van der Waals surface area contributed by atoms with Crippen LogP contribution in [0, 0.1) is 5.92 Å². The van der Waals surface area contributed by atoms with Crippen molar-refractivity contribution in [1.29, 1.82) is 0 Å². The first kappa shape index (κ1) is 34.7. The summed E-state index contributed by atoms with van der Waals surface area (Å²) in [4.78, 5) is 43.2. The van der Waals surface area contributed by atoms with Gasteiger partial charge in [0, 0.05) is 42.2 Å². The highest BCUT2D eigenvalue weighted by atomic mass is 16.5. The molecule has 9 nitrogen and oxygen atoms in total. The Bertz CT molecular complexity index is 1510. The van der Waals surface area contributed by atoms with E-state index in [1.54, 1.807) is 78.4 Å². The number of anilines is 2. The lowest BCUT2D eigenvalue weighted by molar-refractivity contribution is -0.139. The number of hydrogen-bond donors (Lipinski definition) is 3. The van der Waals surface area contributed by atoms with E-state index >= 15 is 0 Å². The summed E-state index contributed by atoms with van der Waals surface area (Å²) in [5, 5.41) is 24.7. The molecule has 2 aliphatic rings. The highest BCUT2D eigenvalue weighted by Gasteiger charge is 2.52. The number of carbonyl (C=O) groups is 3. The number of nitrogens with one attached hydrogen (secondary N) is 1. The molecule has 3 amide bonds. The molecule has 0 spiro atoms. The van der Waals surface area contributed by atoms with Gasteiger partial charge in [-0.2, -0.15) is 0 Å². The number of fused-ring (bicyclic) bond motifs is 1. The maximum absolute atomic E-state index is 14.0. The topological polar surface area (TPSA) is 119 Å². The molecular weight excluding hydrogens is 582 g/mol. The monoisotopic (exact) mass is 629 g/mol. The number of nitrogens with zero attached hydrogens (tertiary/aromatic N) is 2. The molecule has 3 N–H and O–H groups in total. The van der Waals surface area contributed by atoms with Crippen molar-refractivity contribution in [2.45, 2.75) is 71.4 Å². The highest BCUT2D eigenvalue weighted by Crippen LogP contribution is 2.46. The van der Waals surface area contributed by atoms with Crippen LogP contribution in [0.15, 0.2) is 77.9 Å². The Labute approximate surface area is 272 Å². The number of aliphatic hydroxyl groups excluding tert-OH is 1. The zero-order valence-electron chi connectivity index (χ0n) is 27.6. The predicted molar refractivity (Wildman–Crippen MR) is 181 cm³/mol. The fraction of sp³-hybridized carbons (Fsp3) is 0.432. The molecule has 0 unspecified atom stereocenters. The number of ether oxygens (including phenoxy) is 1. The van der Waals surface area contributed by atoms with Gasteiger partial charge in [-0.15, -0.1) is 0 Å². The normalized spacial score (nSPS) is 20.2. The van der Waals surface area contributed by atoms with E-state index < -0.39 is 17.4 Å². The van der Waals surface area contributed by atoms with Crippen LogP contribution in [-0.4, -0.2) is 65.7 Å². The molecule has 2 aromatic rings.